The number of hydrogen-bond donors (Lipinski definition) is 1. The molecule has 0 saturated heterocycles. The quantitative estimate of drug-likeness (QED) is 0.767. The third-order valence-electron chi connectivity index (χ3n) is 3.07. The van der Waals surface area contributed by atoms with Gasteiger partial charge in [-0.15, -0.1) is 0 Å². The summed E-state index contributed by atoms with van der Waals surface area (Å²) >= 11 is 0. The van der Waals surface area contributed by atoms with Crippen molar-refractivity contribution in [3.8, 4) is 0 Å². The SMILES string of the molecule is Cc1cc(Nc2ccc3nc(C)ccc3c2)nc(C)n1. The molecule has 0 aliphatic heterocycles. The first-order valence-electron chi connectivity index (χ1n) is 6.57. The minimum Gasteiger partial charge on any atom is -0.340 e. The maximum atomic E-state index is 4.50. The van der Waals surface area contributed by atoms with E-state index in [0.717, 1.165) is 39.6 Å². The van der Waals surface area contributed by atoms with Gasteiger partial charge in [-0.05, 0) is 45.0 Å². The van der Waals surface area contributed by atoms with Gasteiger partial charge in [0.2, 0.25) is 0 Å². The molecule has 0 spiro atoms. The van der Waals surface area contributed by atoms with Crippen molar-refractivity contribution in [1.29, 1.82) is 0 Å². The van der Waals surface area contributed by atoms with Crippen LogP contribution in [0.3, 0.4) is 0 Å². The molecule has 0 atom stereocenters. The number of nitrogens with zero attached hydrogens (tertiary/aromatic N) is 3. The number of hydrogen-bond acceptors (Lipinski definition) is 4. The molecule has 4 nitrogen and oxygen atoms in total. The second-order valence-electron chi connectivity index (χ2n) is 4.93. The van der Waals surface area contributed by atoms with Crippen molar-refractivity contribution in [1.82, 2.24) is 15.0 Å². The molecular formula is C16H16N4. The van der Waals surface area contributed by atoms with Crippen molar-refractivity contribution < 1.29 is 0 Å². The molecule has 0 unspecified atom stereocenters. The highest BCUT2D eigenvalue weighted by molar-refractivity contribution is 5.83. The van der Waals surface area contributed by atoms with E-state index in [1.165, 1.54) is 0 Å². The van der Waals surface area contributed by atoms with E-state index in [9.17, 15) is 0 Å². The van der Waals surface area contributed by atoms with E-state index < -0.39 is 0 Å². The van der Waals surface area contributed by atoms with E-state index in [4.69, 9.17) is 0 Å². The summed E-state index contributed by atoms with van der Waals surface area (Å²) in [5.74, 6) is 1.58. The van der Waals surface area contributed by atoms with Gasteiger partial charge in [0.1, 0.15) is 11.6 Å². The Kier molecular flexibility index (Phi) is 3.06. The zero-order chi connectivity index (χ0) is 14.1. The monoisotopic (exact) mass is 264 g/mol. The lowest BCUT2D eigenvalue weighted by molar-refractivity contribution is 1.02. The molecule has 0 aliphatic carbocycles. The third-order valence-corrected chi connectivity index (χ3v) is 3.07. The van der Waals surface area contributed by atoms with Crippen LogP contribution in [0.25, 0.3) is 10.9 Å². The Hall–Kier alpha value is -2.49. The normalized spacial score (nSPS) is 10.8. The fraction of sp³-hybridized carbons (Fsp3) is 0.188. The van der Waals surface area contributed by atoms with Crippen LogP contribution in [0.15, 0.2) is 36.4 Å². The Morgan fingerprint density at radius 1 is 0.800 bits per heavy atom. The summed E-state index contributed by atoms with van der Waals surface area (Å²) < 4.78 is 0. The molecule has 0 radical (unpaired) electrons. The van der Waals surface area contributed by atoms with Crippen LogP contribution in [0.1, 0.15) is 17.2 Å². The van der Waals surface area contributed by atoms with E-state index >= 15 is 0 Å². The van der Waals surface area contributed by atoms with Gasteiger partial charge in [-0.25, -0.2) is 9.97 Å². The summed E-state index contributed by atoms with van der Waals surface area (Å²) in [5.41, 5.74) is 3.99. The number of nitrogens with one attached hydrogen (secondary N) is 1. The first-order chi connectivity index (χ1) is 9.60. The van der Waals surface area contributed by atoms with Crippen LogP contribution < -0.4 is 5.32 Å². The molecule has 0 aliphatic rings. The third kappa shape index (κ3) is 2.59. The predicted molar refractivity (Wildman–Crippen MR) is 81.3 cm³/mol. The van der Waals surface area contributed by atoms with E-state index in [1.807, 2.05) is 45.0 Å². The van der Waals surface area contributed by atoms with Crippen LogP contribution in [0.2, 0.25) is 0 Å². The van der Waals surface area contributed by atoms with Gasteiger partial charge in [0.25, 0.3) is 0 Å². The number of rotatable bonds is 2. The van der Waals surface area contributed by atoms with Crippen molar-refractivity contribution in [2.75, 3.05) is 5.32 Å². The van der Waals surface area contributed by atoms with Crippen molar-refractivity contribution in [2.45, 2.75) is 20.8 Å². The maximum absolute atomic E-state index is 4.50. The highest BCUT2D eigenvalue weighted by atomic mass is 15.0. The van der Waals surface area contributed by atoms with Gasteiger partial charge in [-0.1, -0.05) is 6.07 Å². The van der Waals surface area contributed by atoms with E-state index in [0.29, 0.717) is 0 Å². The largest absolute Gasteiger partial charge is 0.340 e. The van der Waals surface area contributed by atoms with Crippen molar-refractivity contribution in [2.24, 2.45) is 0 Å². The second kappa shape index (κ2) is 4.89. The fourth-order valence-corrected chi connectivity index (χ4v) is 2.23. The lowest BCUT2D eigenvalue weighted by atomic mass is 10.2. The average Bonchev–Trinajstić information content (AvgIpc) is 2.38. The molecule has 100 valence electrons. The zero-order valence-electron chi connectivity index (χ0n) is 11.8. The molecule has 3 aromatic rings. The van der Waals surface area contributed by atoms with Gasteiger partial charge in [-0.2, -0.15) is 0 Å². The lowest BCUT2D eigenvalue weighted by Crippen LogP contribution is -1.98. The second-order valence-corrected chi connectivity index (χ2v) is 4.93. The molecular weight excluding hydrogens is 248 g/mol. The Morgan fingerprint density at radius 2 is 1.65 bits per heavy atom. The molecule has 2 aromatic heterocycles. The molecule has 0 bridgehead atoms. The van der Waals surface area contributed by atoms with Gasteiger partial charge >= 0.3 is 0 Å². The first kappa shape index (κ1) is 12.5. The van der Waals surface area contributed by atoms with E-state index in [1.54, 1.807) is 0 Å². The summed E-state index contributed by atoms with van der Waals surface area (Å²) in [4.78, 5) is 13.2. The summed E-state index contributed by atoms with van der Waals surface area (Å²) in [6.07, 6.45) is 0. The Bertz CT molecular complexity index is 760. The lowest BCUT2D eigenvalue weighted by Gasteiger charge is -2.08. The average molecular weight is 264 g/mol. The Balaban J connectivity index is 1.96. The minimum absolute atomic E-state index is 0.769. The molecule has 2 heterocycles. The van der Waals surface area contributed by atoms with E-state index in [-0.39, 0.29) is 0 Å². The highest BCUT2D eigenvalue weighted by Crippen LogP contribution is 2.21. The molecule has 0 amide bonds. The standard InChI is InChI=1S/C16H16N4/c1-10-4-5-13-9-14(6-7-15(13)18-10)20-16-8-11(2)17-12(3)19-16/h4-9H,1-3H3,(H,17,19,20). The number of benzene rings is 1. The predicted octanol–water partition coefficient (Wildman–Crippen LogP) is 3.69. The van der Waals surface area contributed by atoms with E-state index in [2.05, 4.69) is 32.4 Å². The van der Waals surface area contributed by atoms with Crippen molar-refractivity contribution >= 4 is 22.4 Å². The summed E-state index contributed by atoms with van der Waals surface area (Å²) in [6, 6.07) is 12.1. The molecule has 0 fully saturated rings. The maximum Gasteiger partial charge on any atom is 0.134 e. The molecule has 20 heavy (non-hydrogen) atoms. The van der Waals surface area contributed by atoms with Crippen LogP contribution in [-0.2, 0) is 0 Å². The minimum atomic E-state index is 0.769. The van der Waals surface area contributed by atoms with Crippen molar-refractivity contribution in [3.63, 3.8) is 0 Å². The Labute approximate surface area is 117 Å². The first-order valence-corrected chi connectivity index (χ1v) is 6.57. The summed E-state index contributed by atoms with van der Waals surface area (Å²) in [5, 5.41) is 4.43. The van der Waals surface area contributed by atoms with Crippen LogP contribution in [0.4, 0.5) is 11.5 Å². The van der Waals surface area contributed by atoms with Crippen LogP contribution in [0, 0.1) is 20.8 Å². The molecule has 3 rings (SSSR count). The number of pyridine rings is 1. The topological polar surface area (TPSA) is 50.7 Å². The fourth-order valence-electron chi connectivity index (χ4n) is 2.23. The van der Waals surface area contributed by atoms with Crippen LogP contribution in [-0.4, -0.2) is 15.0 Å². The molecule has 0 saturated carbocycles. The number of aromatic nitrogens is 3. The molecule has 1 N–H and O–H groups in total. The Morgan fingerprint density at radius 3 is 2.45 bits per heavy atom. The van der Waals surface area contributed by atoms with Gasteiger partial charge in [0.15, 0.2) is 0 Å². The van der Waals surface area contributed by atoms with Gasteiger partial charge in [0, 0.05) is 28.5 Å². The van der Waals surface area contributed by atoms with Gasteiger partial charge < -0.3 is 5.32 Å². The summed E-state index contributed by atoms with van der Waals surface area (Å²) in [6.45, 7) is 5.86. The smallest absolute Gasteiger partial charge is 0.134 e. The molecule has 4 heteroatoms. The van der Waals surface area contributed by atoms with Gasteiger partial charge in [-0.3, -0.25) is 4.98 Å². The van der Waals surface area contributed by atoms with Crippen molar-refractivity contribution in [3.05, 3.63) is 53.6 Å². The van der Waals surface area contributed by atoms with Crippen LogP contribution in [0.5, 0.6) is 0 Å². The number of aryl methyl sites for hydroxylation is 3. The number of fused-ring (bicyclic) bond motifs is 1. The highest BCUT2D eigenvalue weighted by Gasteiger charge is 2.02. The summed E-state index contributed by atoms with van der Waals surface area (Å²) in [7, 11) is 0. The zero-order valence-corrected chi connectivity index (χ0v) is 11.8. The molecule has 1 aromatic carbocycles. The van der Waals surface area contributed by atoms with Crippen LogP contribution >= 0.6 is 0 Å². The number of anilines is 2. The van der Waals surface area contributed by atoms with Gasteiger partial charge in [0.05, 0.1) is 5.52 Å².